The maximum Gasteiger partial charge on any atom is 0.335 e. The van der Waals surface area contributed by atoms with Crippen LogP contribution >= 0.6 is 0 Å². The van der Waals surface area contributed by atoms with Gasteiger partial charge in [0.15, 0.2) is 0 Å². The number of carboxylic acids is 1. The first-order valence-electron chi connectivity index (χ1n) is 10.00. The summed E-state index contributed by atoms with van der Waals surface area (Å²) in [6.45, 7) is 0. The van der Waals surface area contributed by atoms with Crippen molar-refractivity contribution in [2.75, 3.05) is 21.2 Å². The standard InChI is InChI=1S/C25H27NO4/c1-26(2)24(27)9-4-6-17-10-11-18-7-5-8-19(22(18)14-17)15-20-12-13-21(25(28)29)16-23(20)30-3/h5,7-8,10-14,16H,4,6,9,15H2,1-3H3,(H,28,29). The van der Waals surface area contributed by atoms with Crippen molar-refractivity contribution in [1.82, 2.24) is 4.90 Å². The Morgan fingerprint density at radius 1 is 1.00 bits per heavy atom. The molecule has 3 aromatic rings. The van der Waals surface area contributed by atoms with Gasteiger partial charge in [-0.05, 0) is 52.4 Å². The number of rotatable bonds is 8. The van der Waals surface area contributed by atoms with Gasteiger partial charge in [-0.25, -0.2) is 4.79 Å². The molecule has 5 nitrogen and oxygen atoms in total. The Labute approximate surface area is 176 Å². The van der Waals surface area contributed by atoms with Gasteiger partial charge in [0.2, 0.25) is 5.91 Å². The zero-order chi connectivity index (χ0) is 21.7. The maximum absolute atomic E-state index is 11.8. The molecule has 30 heavy (non-hydrogen) atoms. The molecule has 3 aromatic carbocycles. The van der Waals surface area contributed by atoms with Gasteiger partial charge >= 0.3 is 5.97 Å². The summed E-state index contributed by atoms with van der Waals surface area (Å²) >= 11 is 0. The molecule has 0 aromatic heterocycles. The molecule has 0 saturated heterocycles. The quantitative estimate of drug-likeness (QED) is 0.597. The predicted octanol–water partition coefficient (Wildman–Crippen LogP) is 4.55. The number of benzene rings is 3. The minimum atomic E-state index is -0.970. The first-order valence-corrected chi connectivity index (χ1v) is 10.00. The lowest BCUT2D eigenvalue weighted by Gasteiger charge is -2.13. The maximum atomic E-state index is 11.8. The number of carboxylic acid groups (broad SMARTS) is 1. The van der Waals surface area contributed by atoms with Crippen molar-refractivity contribution in [2.45, 2.75) is 25.7 Å². The molecule has 1 N–H and O–H groups in total. The van der Waals surface area contributed by atoms with E-state index in [0.29, 0.717) is 18.6 Å². The SMILES string of the molecule is COc1cc(C(=O)O)ccc1Cc1cccc2ccc(CCCC(=O)N(C)C)cc12. The van der Waals surface area contributed by atoms with E-state index in [1.807, 2.05) is 12.1 Å². The van der Waals surface area contributed by atoms with Crippen molar-refractivity contribution in [3.63, 3.8) is 0 Å². The zero-order valence-corrected chi connectivity index (χ0v) is 17.6. The van der Waals surface area contributed by atoms with Crippen molar-refractivity contribution < 1.29 is 19.4 Å². The van der Waals surface area contributed by atoms with Crippen LogP contribution in [-0.2, 0) is 17.6 Å². The molecular formula is C25H27NO4. The molecule has 5 heteroatoms. The summed E-state index contributed by atoms with van der Waals surface area (Å²) in [5.41, 5.74) is 3.51. The van der Waals surface area contributed by atoms with E-state index in [2.05, 4.69) is 30.3 Å². The van der Waals surface area contributed by atoms with E-state index in [4.69, 9.17) is 4.74 Å². The van der Waals surface area contributed by atoms with Crippen molar-refractivity contribution in [2.24, 2.45) is 0 Å². The van der Waals surface area contributed by atoms with Gasteiger partial charge in [0.1, 0.15) is 5.75 Å². The number of aryl methyl sites for hydroxylation is 1. The van der Waals surface area contributed by atoms with Crippen LogP contribution in [0.4, 0.5) is 0 Å². The summed E-state index contributed by atoms with van der Waals surface area (Å²) in [6.07, 6.45) is 2.85. The molecule has 0 radical (unpaired) electrons. The topological polar surface area (TPSA) is 66.8 Å². The summed E-state index contributed by atoms with van der Waals surface area (Å²) < 4.78 is 5.44. The van der Waals surface area contributed by atoms with Gasteiger partial charge in [-0.2, -0.15) is 0 Å². The fourth-order valence-electron chi connectivity index (χ4n) is 3.59. The number of fused-ring (bicyclic) bond motifs is 1. The first-order chi connectivity index (χ1) is 14.4. The molecule has 0 fully saturated rings. The molecule has 0 heterocycles. The smallest absolute Gasteiger partial charge is 0.335 e. The molecule has 0 saturated carbocycles. The summed E-state index contributed by atoms with van der Waals surface area (Å²) in [5.74, 6) is -0.249. The molecule has 0 spiro atoms. The molecule has 156 valence electrons. The molecule has 1 amide bonds. The Balaban J connectivity index is 1.86. The van der Waals surface area contributed by atoms with E-state index in [1.165, 1.54) is 10.9 Å². The third kappa shape index (κ3) is 4.98. The molecular weight excluding hydrogens is 378 g/mol. The largest absolute Gasteiger partial charge is 0.496 e. The monoisotopic (exact) mass is 405 g/mol. The van der Waals surface area contributed by atoms with Crippen LogP contribution in [0.1, 0.15) is 39.9 Å². The highest BCUT2D eigenvalue weighted by Crippen LogP contribution is 2.28. The molecule has 0 aliphatic heterocycles. The Morgan fingerprint density at radius 3 is 2.50 bits per heavy atom. The second-order valence-electron chi connectivity index (χ2n) is 7.62. The van der Waals surface area contributed by atoms with Crippen molar-refractivity contribution in [3.8, 4) is 5.75 Å². The summed E-state index contributed by atoms with van der Waals surface area (Å²) in [5, 5.41) is 11.5. The van der Waals surface area contributed by atoms with Crippen LogP contribution in [0.3, 0.4) is 0 Å². The summed E-state index contributed by atoms with van der Waals surface area (Å²) in [4.78, 5) is 24.7. The highest BCUT2D eigenvalue weighted by molar-refractivity contribution is 5.89. The lowest BCUT2D eigenvalue weighted by Crippen LogP contribution is -2.21. The minimum Gasteiger partial charge on any atom is -0.496 e. The first kappa shape index (κ1) is 21.4. The van der Waals surface area contributed by atoms with Crippen LogP contribution in [0, 0.1) is 0 Å². The van der Waals surface area contributed by atoms with Gasteiger partial charge in [0.25, 0.3) is 0 Å². The zero-order valence-electron chi connectivity index (χ0n) is 17.6. The van der Waals surface area contributed by atoms with Gasteiger partial charge in [-0.15, -0.1) is 0 Å². The summed E-state index contributed by atoms with van der Waals surface area (Å²) in [6, 6.07) is 17.6. The number of aromatic carboxylic acids is 1. The number of amides is 1. The molecule has 0 aliphatic carbocycles. The van der Waals surface area contributed by atoms with E-state index in [-0.39, 0.29) is 11.5 Å². The van der Waals surface area contributed by atoms with Crippen LogP contribution < -0.4 is 4.74 Å². The van der Waals surface area contributed by atoms with E-state index >= 15 is 0 Å². The van der Waals surface area contributed by atoms with E-state index in [9.17, 15) is 14.7 Å². The predicted molar refractivity (Wildman–Crippen MR) is 118 cm³/mol. The van der Waals surface area contributed by atoms with Crippen molar-refractivity contribution >= 4 is 22.6 Å². The molecule has 0 unspecified atom stereocenters. The highest BCUT2D eigenvalue weighted by atomic mass is 16.5. The van der Waals surface area contributed by atoms with E-state index in [0.717, 1.165) is 29.4 Å². The Kier molecular flexibility index (Phi) is 6.72. The fraction of sp³-hybridized carbons (Fsp3) is 0.280. The number of carbonyl (C=O) groups excluding carboxylic acids is 1. The minimum absolute atomic E-state index is 0.147. The Morgan fingerprint density at radius 2 is 1.80 bits per heavy atom. The molecule has 3 rings (SSSR count). The van der Waals surface area contributed by atoms with Gasteiger partial charge < -0.3 is 14.7 Å². The summed E-state index contributed by atoms with van der Waals surface area (Å²) in [7, 11) is 5.12. The lowest BCUT2D eigenvalue weighted by molar-refractivity contribution is -0.128. The van der Waals surface area contributed by atoms with E-state index in [1.54, 1.807) is 38.2 Å². The van der Waals surface area contributed by atoms with E-state index < -0.39 is 5.97 Å². The molecule has 0 bridgehead atoms. The van der Waals surface area contributed by atoms with Crippen LogP contribution in [0.25, 0.3) is 10.8 Å². The third-order valence-electron chi connectivity index (χ3n) is 5.31. The van der Waals surface area contributed by atoms with Crippen LogP contribution in [0.5, 0.6) is 5.75 Å². The van der Waals surface area contributed by atoms with Gasteiger partial charge in [0, 0.05) is 26.9 Å². The average molecular weight is 405 g/mol. The highest BCUT2D eigenvalue weighted by Gasteiger charge is 2.12. The third-order valence-corrected chi connectivity index (χ3v) is 5.31. The molecule has 0 aliphatic rings. The number of carbonyl (C=O) groups is 2. The van der Waals surface area contributed by atoms with Crippen LogP contribution in [0.15, 0.2) is 54.6 Å². The van der Waals surface area contributed by atoms with Gasteiger partial charge in [-0.1, -0.05) is 42.5 Å². The van der Waals surface area contributed by atoms with Crippen molar-refractivity contribution in [3.05, 3.63) is 76.9 Å². The Bertz CT molecular complexity index is 1070. The second kappa shape index (κ2) is 9.44. The van der Waals surface area contributed by atoms with Crippen molar-refractivity contribution in [1.29, 1.82) is 0 Å². The average Bonchev–Trinajstić information content (AvgIpc) is 2.74. The number of nitrogens with zero attached hydrogens (tertiary/aromatic N) is 1. The number of methoxy groups -OCH3 is 1. The number of ether oxygens (including phenoxy) is 1. The molecule has 0 atom stereocenters. The number of hydrogen-bond donors (Lipinski definition) is 1. The second-order valence-corrected chi connectivity index (χ2v) is 7.62. The van der Waals surface area contributed by atoms with Crippen LogP contribution in [0.2, 0.25) is 0 Å². The van der Waals surface area contributed by atoms with Gasteiger partial charge in [0.05, 0.1) is 12.7 Å². The van der Waals surface area contributed by atoms with Gasteiger partial charge in [-0.3, -0.25) is 4.79 Å². The van der Waals surface area contributed by atoms with Crippen LogP contribution in [-0.4, -0.2) is 43.1 Å². The normalized spacial score (nSPS) is 10.8. The fourth-order valence-corrected chi connectivity index (χ4v) is 3.59. The number of hydrogen-bond acceptors (Lipinski definition) is 3. The lowest BCUT2D eigenvalue weighted by atomic mass is 9.95. The Hall–Kier alpha value is -3.34.